The predicted octanol–water partition coefficient (Wildman–Crippen LogP) is 1.96. The Balaban J connectivity index is 2.76. The van der Waals surface area contributed by atoms with Gasteiger partial charge in [0.05, 0.1) is 11.3 Å². The maximum absolute atomic E-state index is 13.8. The molecule has 0 radical (unpaired) electrons. The maximum atomic E-state index is 13.8. The van der Waals surface area contributed by atoms with E-state index in [1.165, 1.54) is 6.07 Å². The minimum absolute atomic E-state index is 0.103. The summed E-state index contributed by atoms with van der Waals surface area (Å²) in [6, 6.07) is 2.56. The lowest BCUT2D eigenvalue weighted by molar-refractivity contribution is 0.0892. The van der Waals surface area contributed by atoms with E-state index in [4.69, 9.17) is 5.26 Å². The molecule has 1 N–H and O–H groups in total. The standard InChI is InChI=1S/C12H4ClF4N3O2/c13-12(16,17)9-3-10(21)20(11(22)19-9)8-2-6(14)5(4-18)1-7(8)15/h1-3H,(H,19,22). The van der Waals surface area contributed by atoms with E-state index >= 15 is 0 Å². The van der Waals surface area contributed by atoms with E-state index in [1.807, 2.05) is 0 Å². The number of benzene rings is 1. The fourth-order valence-corrected chi connectivity index (χ4v) is 1.77. The number of rotatable bonds is 2. The van der Waals surface area contributed by atoms with Crippen molar-refractivity contribution >= 4 is 11.6 Å². The number of hydrogen-bond donors (Lipinski definition) is 1. The molecule has 1 heterocycles. The van der Waals surface area contributed by atoms with E-state index in [0.29, 0.717) is 12.1 Å². The van der Waals surface area contributed by atoms with E-state index in [2.05, 4.69) is 11.6 Å². The topological polar surface area (TPSA) is 78.7 Å². The molecule has 0 saturated carbocycles. The van der Waals surface area contributed by atoms with Crippen LogP contribution in [0.3, 0.4) is 0 Å². The molecule has 0 spiro atoms. The molecule has 0 aliphatic rings. The zero-order valence-electron chi connectivity index (χ0n) is 10.3. The molecule has 0 amide bonds. The Labute approximate surface area is 124 Å². The summed E-state index contributed by atoms with van der Waals surface area (Å²) in [6.45, 7) is 0. The van der Waals surface area contributed by atoms with Gasteiger partial charge in [-0.15, -0.1) is 0 Å². The lowest BCUT2D eigenvalue weighted by Gasteiger charge is -2.10. The molecule has 22 heavy (non-hydrogen) atoms. The summed E-state index contributed by atoms with van der Waals surface area (Å²) in [7, 11) is 0. The van der Waals surface area contributed by atoms with Crippen molar-refractivity contribution in [3.05, 3.63) is 61.9 Å². The highest BCUT2D eigenvalue weighted by atomic mass is 35.5. The highest BCUT2D eigenvalue weighted by Gasteiger charge is 2.30. The van der Waals surface area contributed by atoms with Gasteiger partial charge in [0.1, 0.15) is 23.4 Å². The number of aromatic amines is 1. The van der Waals surface area contributed by atoms with Crippen molar-refractivity contribution in [2.24, 2.45) is 0 Å². The summed E-state index contributed by atoms with van der Waals surface area (Å²) in [5.74, 6) is -2.44. The van der Waals surface area contributed by atoms with Gasteiger partial charge in [-0.3, -0.25) is 4.79 Å². The zero-order valence-corrected chi connectivity index (χ0v) is 11.1. The van der Waals surface area contributed by atoms with Gasteiger partial charge in [-0.05, 0) is 17.7 Å². The largest absolute Gasteiger partial charge is 0.362 e. The van der Waals surface area contributed by atoms with Crippen LogP contribution in [-0.4, -0.2) is 9.55 Å². The highest BCUT2D eigenvalue weighted by molar-refractivity contribution is 6.21. The van der Waals surface area contributed by atoms with Crippen LogP contribution in [-0.2, 0) is 5.38 Å². The third-order valence-electron chi connectivity index (χ3n) is 2.64. The quantitative estimate of drug-likeness (QED) is 0.674. The minimum atomic E-state index is -4.01. The van der Waals surface area contributed by atoms with Crippen LogP contribution in [0.25, 0.3) is 5.69 Å². The van der Waals surface area contributed by atoms with Crippen molar-refractivity contribution < 1.29 is 17.6 Å². The van der Waals surface area contributed by atoms with Crippen LogP contribution >= 0.6 is 11.6 Å². The molecule has 2 rings (SSSR count). The summed E-state index contributed by atoms with van der Waals surface area (Å²) in [5.41, 5.74) is -5.44. The number of nitrogens with zero attached hydrogens (tertiary/aromatic N) is 2. The molecule has 114 valence electrons. The van der Waals surface area contributed by atoms with Crippen LogP contribution in [0.5, 0.6) is 0 Å². The molecule has 0 saturated heterocycles. The molecule has 0 aliphatic carbocycles. The third-order valence-corrected chi connectivity index (χ3v) is 2.84. The van der Waals surface area contributed by atoms with Crippen molar-refractivity contribution in [3.8, 4) is 11.8 Å². The number of hydrogen-bond acceptors (Lipinski definition) is 3. The van der Waals surface area contributed by atoms with Gasteiger partial charge < -0.3 is 4.98 Å². The van der Waals surface area contributed by atoms with Crippen molar-refractivity contribution in [3.63, 3.8) is 0 Å². The Morgan fingerprint density at radius 1 is 1.18 bits per heavy atom. The van der Waals surface area contributed by atoms with Crippen LogP contribution in [0.1, 0.15) is 11.3 Å². The van der Waals surface area contributed by atoms with Crippen LogP contribution < -0.4 is 11.2 Å². The molecule has 2 aromatic rings. The van der Waals surface area contributed by atoms with Crippen LogP contribution in [0.15, 0.2) is 27.8 Å². The first kappa shape index (κ1) is 15.8. The average molecular weight is 334 g/mol. The minimum Gasteiger partial charge on any atom is -0.304 e. The molecule has 10 heteroatoms. The Morgan fingerprint density at radius 3 is 2.32 bits per heavy atom. The Kier molecular flexibility index (Phi) is 3.81. The maximum Gasteiger partial charge on any atom is 0.362 e. The monoisotopic (exact) mass is 333 g/mol. The van der Waals surface area contributed by atoms with Crippen LogP contribution in [0, 0.1) is 23.0 Å². The summed E-state index contributed by atoms with van der Waals surface area (Å²) >= 11 is 4.68. The zero-order chi connectivity index (χ0) is 16.7. The smallest absolute Gasteiger partial charge is 0.304 e. The molecule has 0 aliphatic heterocycles. The summed E-state index contributed by atoms with van der Waals surface area (Å²) < 4.78 is 53.1. The fourth-order valence-electron chi connectivity index (χ4n) is 1.67. The number of aromatic nitrogens is 2. The Hall–Kier alpha value is -2.60. The van der Waals surface area contributed by atoms with Gasteiger partial charge in [0.2, 0.25) is 0 Å². The first-order chi connectivity index (χ1) is 10.1. The molecule has 5 nitrogen and oxygen atoms in total. The molecule has 0 fully saturated rings. The molecule has 1 aromatic carbocycles. The van der Waals surface area contributed by atoms with Gasteiger partial charge in [0.15, 0.2) is 0 Å². The Bertz CT molecular complexity index is 877. The van der Waals surface area contributed by atoms with Gasteiger partial charge in [-0.1, -0.05) is 0 Å². The average Bonchev–Trinajstić information content (AvgIpc) is 2.40. The van der Waals surface area contributed by atoms with Crippen molar-refractivity contribution in [2.45, 2.75) is 5.38 Å². The molecule has 0 unspecified atom stereocenters. The second kappa shape index (κ2) is 5.31. The summed E-state index contributed by atoms with van der Waals surface area (Å²) in [5, 5.41) is 4.54. The molecule has 0 atom stereocenters. The number of nitriles is 1. The highest BCUT2D eigenvalue weighted by Crippen LogP contribution is 2.29. The van der Waals surface area contributed by atoms with Crippen LogP contribution in [0.4, 0.5) is 17.6 Å². The Morgan fingerprint density at radius 2 is 1.82 bits per heavy atom. The van der Waals surface area contributed by atoms with E-state index in [-0.39, 0.29) is 10.6 Å². The second-order valence-corrected chi connectivity index (χ2v) is 4.53. The first-order valence-corrected chi connectivity index (χ1v) is 5.86. The van der Waals surface area contributed by atoms with Gasteiger partial charge in [-0.25, -0.2) is 18.1 Å². The number of alkyl halides is 3. The predicted molar refractivity (Wildman–Crippen MR) is 67.0 cm³/mol. The van der Waals surface area contributed by atoms with E-state index in [9.17, 15) is 27.2 Å². The number of halogens is 5. The summed E-state index contributed by atoms with van der Waals surface area (Å²) in [6.07, 6.45) is 0. The van der Waals surface area contributed by atoms with Gasteiger partial charge >= 0.3 is 11.1 Å². The first-order valence-electron chi connectivity index (χ1n) is 5.48. The van der Waals surface area contributed by atoms with Crippen LogP contribution in [0.2, 0.25) is 0 Å². The second-order valence-electron chi connectivity index (χ2n) is 4.05. The SMILES string of the molecule is N#Cc1cc(F)c(-n2c(=O)cc(C(F)(F)Cl)[nH]c2=O)cc1F. The fraction of sp³-hybridized carbons (Fsp3) is 0.0833. The van der Waals surface area contributed by atoms with Crippen molar-refractivity contribution in [2.75, 3.05) is 0 Å². The molecular formula is C12H4ClF4N3O2. The number of nitrogens with one attached hydrogen (secondary N) is 1. The molecular weight excluding hydrogens is 330 g/mol. The van der Waals surface area contributed by atoms with Gasteiger partial charge in [-0.2, -0.15) is 14.0 Å². The number of H-pyrrole nitrogens is 1. The van der Waals surface area contributed by atoms with Gasteiger partial charge in [0.25, 0.3) is 5.56 Å². The molecule has 1 aromatic heterocycles. The van der Waals surface area contributed by atoms with E-state index in [1.54, 1.807) is 4.98 Å². The molecule has 0 bridgehead atoms. The lowest BCUT2D eigenvalue weighted by atomic mass is 10.2. The van der Waals surface area contributed by atoms with E-state index < -0.39 is 45.2 Å². The van der Waals surface area contributed by atoms with Crippen molar-refractivity contribution in [1.29, 1.82) is 5.26 Å². The summed E-state index contributed by atoms with van der Waals surface area (Å²) in [4.78, 5) is 25.0. The normalized spacial score (nSPS) is 11.3. The van der Waals surface area contributed by atoms with Gasteiger partial charge in [0, 0.05) is 12.1 Å². The van der Waals surface area contributed by atoms with E-state index in [0.717, 1.165) is 0 Å². The van der Waals surface area contributed by atoms with Crippen molar-refractivity contribution in [1.82, 2.24) is 9.55 Å². The third kappa shape index (κ3) is 2.73. The lowest BCUT2D eigenvalue weighted by Crippen LogP contribution is -2.36.